The van der Waals surface area contributed by atoms with E-state index in [0.717, 1.165) is 54.2 Å². The summed E-state index contributed by atoms with van der Waals surface area (Å²) < 4.78 is 5.29. The van der Waals surface area contributed by atoms with Crippen molar-refractivity contribution >= 4 is 16.6 Å². The molecule has 1 aliphatic heterocycles. The minimum absolute atomic E-state index is 0.839. The van der Waals surface area contributed by atoms with Gasteiger partial charge < -0.3 is 15.1 Å². The molecule has 0 saturated carbocycles. The average molecular weight is 286 g/mol. The van der Waals surface area contributed by atoms with Gasteiger partial charge in [-0.1, -0.05) is 0 Å². The Bertz CT molecular complexity index is 635. The van der Waals surface area contributed by atoms with Crippen LogP contribution >= 0.6 is 0 Å². The van der Waals surface area contributed by atoms with Gasteiger partial charge in [-0.15, -0.1) is 0 Å². The van der Waals surface area contributed by atoms with E-state index in [4.69, 9.17) is 4.74 Å². The summed E-state index contributed by atoms with van der Waals surface area (Å²) >= 11 is 0. The molecule has 0 bridgehead atoms. The van der Waals surface area contributed by atoms with E-state index < -0.39 is 0 Å². The van der Waals surface area contributed by atoms with Gasteiger partial charge in [0.2, 0.25) is 0 Å². The van der Waals surface area contributed by atoms with Gasteiger partial charge in [0.25, 0.3) is 0 Å². The predicted molar refractivity (Wildman–Crippen MR) is 85.7 cm³/mol. The normalized spacial score (nSPS) is 17.1. The second-order valence-electron chi connectivity index (χ2n) is 5.60. The van der Waals surface area contributed by atoms with Crippen LogP contribution in [-0.2, 0) is 0 Å². The molecule has 5 nitrogen and oxygen atoms in total. The van der Waals surface area contributed by atoms with E-state index in [-0.39, 0.29) is 0 Å². The zero-order chi connectivity index (χ0) is 14.8. The highest BCUT2D eigenvalue weighted by Crippen LogP contribution is 2.27. The van der Waals surface area contributed by atoms with E-state index in [1.807, 2.05) is 19.1 Å². The van der Waals surface area contributed by atoms with E-state index in [2.05, 4.69) is 39.5 Å². The maximum atomic E-state index is 5.29. The number of nitrogens with zero attached hydrogens (tertiary/aromatic N) is 3. The smallest absolute Gasteiger partial charge is 0.121 e. The lowest BCUT2D eigenvalue weighted by molar-refractivity contribution is 0.179. The molecule has 0 spiro atoms. The Labute approximate surface area is 125 Å². The number of hydrazine groups is 1. The van der Waals surface area contributed by atoms with Gasteiger partial charge in [-0.25, -0.2) is 5.01 Å². The third-order valence-corrected chi connectivity index (χ3v) is 3.93. The minimum atomic E-state index is 0.839. The van der Waals surface area contributed by atoms with Crippen LogP contribution in [0.15, 0.2) is 24.3 Å². The van der Waals surface area contributed by atoms with Crippen LogP contribution in [-0.4, -0.2) is 55.2 Å². The van der Waals surface area contributed by atoms with Crippen molar-refractivity contribution in [2.24, 2.45) is 0 Å². The van der Waals surface area contributed by atoms with Crippen LogP contribution in [0.4, 0.5) is 5.69 Å². The molecular formula is C16H22N4O. The number of anilines is 1. The van der Waals surface area contributed by atoms with Gasteiger partial charge in [0, 0.05) is 43.3 Å². The number of ether oxygens (including phenoxy) is 1. The van der Waals surface area contributed by atoms with Crippen molar-refractivity contribution in [1.29, 1.82) is 0 Å². The van der Waals surface area contributed by atoms with E-state index in [9.17, 15) is 0 Å². The summed E-state index contributed by atoms with van der Waals surface area (Å²) in [6.07, 6.45) is 0. The van der Waals surface area contributed by atoms with E-state index in [1.165, 1.54) is 0 Å². The van der Waals surface area contributed by atoms with Crippen molar-refractivity contribution in [3.63, 3.8) is 0 Å². The van der Waals surface area contributed by atoms with Gasteiger partial charge in [0.05, 0.1) is 18.3 Å². The van der Waals surface area contributed by atoms with Gasteiger partial charge in [-0.05, 0) is 32.2 Å². The first-order chi connectivity index (χ1) is 10.2. The maximum absolute atomic E-state index is 5.29. The van der Waals surface area contributed by atoms with Crippen LogP contribution in [0.5, 0.6) is 5.75 Å². The van der Waals surface area contributed by atoms with Gasteiger partial charge in [0.15, 0.2) is 0 Å². The Morgan fingerprint density at radius 1 is 1.14 bits per heavy atom. The zero-order valence-electron chi connectivity index (χ0n) is 12.9. The number of likely N-dealkylation sites (N-methyl/N-ethyl adjacent to an activating group) is 1. The SMILES string of the molecule is COc1ccc2c(NN3CCN(C)CC3)cc(C)nc2c1. The van der Waals surface area contributed by atoms with Crippen molar-refractivity contribution in [2.75, 3.05) is 45.8 Å². The molecule has 112 valence electrons. The Morgan fingerprint density at radius 2 is 1.90 bits per heavy atom. The van der Waals surface area contributed by atoms with Crippen LogP contribution in [0.3, 0.4) is 0 Å². The molecule has 1 N–H and O–H groups in total. The number of hydrogen-bond donors (Lipinski definition) is 1. The fourth-order valence-corrected chi connectivity index (χ4v) is 2.65. The number of fused-ring (bicyclic) bond motifs is 1. The molecule has 0 radical (unpaired) electrons. The summed E-state index contributed by atoms with van der Waals surface area (Å²) in [5, 5.41) is 3.40. The Hall–Kier alpha value is -1.85. The highest BCUT2D eigenvalue weighted by Gasteiger charge is 2.15. The zero-order valence-corrected chi connectivity index (χ0v) is 12.9. The van der Waals surface area contributed by atoms with Crippen molar-refractivity contribution in [3.05, 3.63) is 30.0 Å². The lowest BCUT2D eigenvalue weighted by Gasteiger charge is -2.33. The number of aryl methyl sites for hydroxylation is 1. The summed E-state index contributed by atoms with van der Waals surface area (Å²) in [6.45, 7) is 6.24. The summed E-state index contributed by atoms with van der Waals surface area (Å²) in [7, 11) is 3.84. The lowest BCUT2D eigenvalue weighted by atomic mass is 10.1. The predicted octanol–water partition coefficient (Wildman–Crippen LogP) is 2.13. The molecule has 21 heavy (non-hydrogen) atoms. The second-order valence-corrected chi connectivity index (χ2v) is 5.60. The molecule has 0 aliphatic carbocycles. The van der Waals surface area contributed by atoms with E-state index >= 15 is 0 Å². The fraction of sp³-hybridized carbons (Fsp3) is 0.438. The standard InChI is InChI=1S/C16H22N4O/c1-12-10-16(18-20-8-6-19(2)7-9-20)14-5-4-13(21-3)11-15(14)17-12/h4-5,10-11H,6-9H2,1-3H3,(H,17,18). The number of methoxy groups -OCH3 is 1. The molecule has 0 atom stereocenters. The maximum Gasteiger partial charge on any atom is 0.121 e. The van der Waals surface area contributed by atoms with Crippen molar-refractivity contribution in [3.8, 4) is 5.75 Å². The van der Waals surface area contributed by atoms with Crippen molar-refractivity contribution in [1.82, 2.24) is 14.9 Å². The molecule has 0 amide bonds. The molecule has 1 aromatic carbocycles. The molecule has 5 heteroatoms. The van der Waals surface area contributed by atoms with Gasteiger partial charge in [-0.3, -0.25) is 4.98 Å². The van der Waals surface area contributed by atoms with E-state index in [0.29, 0.717) is 0 Å². The van der Waals surface area contributed by atoms with Gasteiger partial charge in [0.1, 0.15) is 5.75 Å². The van der Waals surface area contributed by atoms with Crippen LogP contribution in [0.2, 0.25) is 0 Å². The molecule has 3 rings (SSSR count). The fourth-order valence-electron chi connectivity index (χ4n) is 2.65. The third kappa shape index (κ3) is 3.09. The largest absolute Gasteiger partial charge is 0.497 e. The third-order valence-electron chi connectivity index (χ3n) is 3.93. The molecule has 0 unspecified atom stereocenters. The van der Waals surface area contributed by atoms with Gasteiger partial charge in [-0.2, -0.15) is 0 Å². The number of rotatable bonds is 3. The summed E-state index contributed by atoms with van der Waals surface area (Å²) in [5.41, 5.74) is 6.63. The topological polar surface area (TPSA) is 40.6 Å². The highest BCUT2D eigenvalue weighted by molar-refractivity contribution is 5.92. The summed E-state index contributed by atoms with van der Waals surface area (Å²) in [6, 6.07) is 8.14. The van der Waals surface area contributed by atoms with Crippen LogP contribution in [0, 0.1) is 6.92 Å². The number of nitrogens with one attached hydrogen (secondary N) is 1. The number of aromatic nitrogens is 1. The van der Waals surface area contributed by atoms with Gasteiger partial charge >= 0.3 is 0 Å². The first-order valence-corrected chi connectivity index (χ1v) is 7.31. The Morgan fingerprint density at radius 3 is 2.62 bits per heavy atom. The lowest BCUT2D eigenvalue weighted by Crippen LogP contribution is -2.46. The quantitative estimate of drug-likeness (QED) is 0.936. The van der Waals surface area contributed by atoms with Crippen LogP contribution < -0.4 is 10.2 Å². The highest BCUT2D eigenvalue weighted by atomic mass is 16.5. The van der Waals surface area contributed by atoms with Crippen LogP contribution in [0.1, 0.15) is 5.69 Å². The molecular weight excluding hydrogens is 264 g/mol. The monoisotopic (exact) mass is 286 g/mol. The molecule has 2 aromatic rings. The molecule has 2 heterocycles. The van der Waals surface area contributed by atoms with E-state index in [1.54, 1.807) is 7.11 Å². The molecule has 1 fully saturated rings. The average Bonchev–Trinajstić information content (AvgIpc) is 2.48. The number of pyridine rings is 1. The van der Waals surface area contributed by atoms with Crippen molar-refractivity contribution < 1.29 is 4.74 Å². The van der Waals surface area contributed by atoms with Crippen molar-refractivity contribution in [2.45, 2.75) is 6.92 Å². The molecule has 1 aromatic heterocycles. The summed E-state index contributed by atoms with van der Waals surface area (Å²) in [5.74, 6) is 0.839. The number of piperazine rings is 1. The molecule has 1 saturated heterocycles. The minimum Gasteiger partial charge on any atom is -0.497 e. The summed E-state index contributed by atoms with van der Waals surface area (Å²) in [4.78, 5) is 6.95. The first-order valence-electron chi connectivity index (χ1n) is 7.31. The number of hydrogen-bond acceptors (Lipinski definition) is 5. The Balaban J connectivity index is 1.90. The second kappa shape index (κ2) is 5.87. The Kier molecular flexibility index (Phi) is 3.94. The molecule has 1 aliphatic rings. The number of benzene rings is 1. The first kappa shape index (κ1) is 14.1. The van der Waals surface area contributed by atoms with Crippen LogP contribution in [0.25, 0.3) is 10.9 Å².